The molecule has 0 aromatic heterocycles. The van der Waals surface area contributed by atoms with Crippen molar-refractivity contribution in [1.29, 1.82) is 0 Å². The van der Waals surface area contributed by atoms with E-state index in [1.165, 1.54) is 31.2 Å². The van der Waals surface area contributed by atoms with E-state index in [9.17, 15) is 5.11 Å². The van der Waals surface area contributed by atoms with Gasteiger partial charge in [-0.1, -0.05) is 38.0 Å². The van der Waals surface area contributed by atoms with E-state index in [0.717, 1.165) is 31.1 Å². The largest absolute Gasteiger partial charge is 0.493 e. The number of fused-ring (bicyclic) bond motifs is 1. The van der Waals surface area contributed by atoms with Gasteiger partial charge in [0.05, 0.1) is 12.7 Å². The molecule has 2 nitrogen and oxygen atoms in total. The van der Waals surface area contributed by atoms with Gasteiger partial charge in [-0.05, 0) is 55.1 Å². The average Bonchev–Trinajstić information content (AvgIpc) is 2.48. The molecule has 0 bridgehead atoms. The molecule has 0 saturated heterocycles. The molecular weight excluding hydrogens is 248 g/mol. The van der Waals surface area contributed by atoms with Crippen molar-refractivity contribution in [3.8, 4) is 5.75 Å². The van der Waals surface area contributed by atoms with Gasteiger partial charge in [-0.3, -0.25) is 0 Å². The molecule has 2 unspecified atom stereocenters. The zero-order valence-corrected chi connectivity index (χ0v) is 12.4. The first-order chi connectivity index (χ1) is 9.74. The molecular formula is C18H26O2. The molecule has 1 aliphatic heterocycles. The Morgan fingerprint density at radius 1 is 1.15 bits per heavy atom. The van der Waals surface area contributed by atoms with Gasteiger partial charge in [0.25, 0.3) is 0 Å². The van der Waals surface area contributed by atoms with E-state index in [2.05, 4.69) is 25.1 Å². The van der Waals surface area contributed by atoms with E-state index in [4.69, 9.17) is 4.74 Å². The lowest BCUT2D eigenvalue weighted by Gasteiger charge is -2.33. The van der Waals surface area contributed by atoms with Crippen LogP contribution < -0.4 is 4.74 Å². The molecule has 1 aromatic carbocycles. The number of ether oxygens (including phenoxy) is 1. The molecule has 3 rings (SSSR count). The fourth-order valence-electron chi connectivity index (χ4n) is 3.82. The van der Waals surface area contributed by atoms with Crippen LogP contribution in [0.1, 0.15) is 56.9 Å². The smallest absolute Gasteiger partial charge is 0.122 e. The molecule has 2 aliphatic rings. The summed E-state index contributed by atoms with van der Waals surface area (Å²) in [7, 11) is 0. The van der Waals surface area contributed by atoms with Crippen LogP contribution in [0.2, 0.25) is 0 Å². The molecule has 1 saturated carbocycles. The lowest BCUT2D eigenvalue weighted by Crippen LogP contribution is -2.28. The van der Waals surface area contributed by atoms with E-state index in [1.54, 1.807) is 0 Å². The van der Waals surface area contributed by atoms with Gasteiger partial charge in [-0.2, -0.15) is 0 Å². The highest BCUT2D eigenvalue weighted by atomic mass is 16.5. The van der Waals surface area contributed by atoms with E-state index >= 15 is 0 Å². The van der Waals surface area contributed by atoms with Crippen LogP contribution in [0.3, 0.4) is 0 Å². The highest BCUT2D eigenvalue weighted by Gasteiger charge is 2.29. The Morgan fingerprint density at radius 3 is 2.70 bits per heavy atom. The van der Waals surface area contributed by atoms with Crippen LogP contribution >= 0.6 is 0 Å². The van der Waals surface area contributed by atoms with Crippen molar-refractivity contribution < 1.29 is 9.84 Å². The first-order valence-corrected chi connectivity index (χ1v) is 8.14. The monoisotopic (exact) mass is 274 g/mol. The fourth-order valence-corrected chi connectivity index (χ4v) is 3.82. The minimum absolute atomic E-state index is 0.140. The lowest BCUT2D eigenvalue weighted by atomic mass is 9.76. The molecule has 0 amide bonds. The summed E-state index contributed by atoms with van der Waals surface area (Å²) in [4.78, 5) is 0. The molecule has 2 atom stereocenters. The summed E-state index contributed by atoms with van der Waals surface area (Å²) in [6.45, 7) is 3.12. The van der Waals surface area contributed by atoms with Gasteiger partial charge in [-0.15, -0.1) is 0 Å². The van der Waals surface area contributed by atoms with Crippen LogP contribution in [0.25, 0.3) is 0 Å². The maximum absolute atomic E-state index is 10.6. The zero-order valence-electron chi connectivity index (χ0n) is 12.4. The first-order valence-electron chi connectivity index (χ1n) is 8.14. The number of hydrogen-bond donors (Lipinski definition) is 1. The van der Waals surface area contributed by atoms with Crippen molar-refractivity contribution in [1.82, 2.24) is 0 Å². The van der Waals surface area contributed by atoms with E-state index in [-0.39, 0.29) is 6.10 Å². The Labute approximate surface area is 122 Å². The van der Waals surface area contributed by atoms with Crippen molar-refractivity contribution in [2.75, 3.05) is 6.61 Å². The zero-order chi connectivity index (χ0) is 13.9. The first kappa shape index (κ1) is 13.9. The lowest BCUT2D eigenvalue weighted by molar-refractivity contribution is 0.0586. The topological polar surface area (TPSA) is 29.5 Å². The predicted molar refractivity (Wildman–Crippen MR) is 81.0 cm³/mol. The van der Waals surface area contributed by atoms with Gasteiger partial charge in [0, 0.05) is 0 Å². The third kappa shape index (κ3) is 3.01. The van der Waals surface area contributed by atoms with Crippen LogP contribution in [0.5, 0.6) is 5.75 Å². The number of aliphatic hydroxyl groups is 1. The van der Waals surface area contributed by atoms with Gasteiger partial charge < -0.3 is 9.84 Å². The summed E-state index contributed by atoms with van der Waals surface area (Å²) >= 11 is 0. The molecule has 2 heteroatoms. The number of aliphatic hydroxyl groups excluding tert-OH is 1. The molecule has 110 valence electrons. The molecule has 0 spiro atoms. The average molecular weight is 274 g/mol. The summed E-state index contributed by atoms with van der Waals surface area (Å²) in [5.74, 6) is 2.85. The maximum Gasteiger partial charge on any atom is 0.122 e. The van der Waals surface area contributed by atoms with Crippen molar-refractivity contribution >= 4 is 0 Å². The van der Waals surface area contributed by atoms with Crippen LogP contribution in [-0.2, 0) is 0 Å². The van der Waals surface area contributed by atoms with Gasteiger partial charge in [0.15, 0.2) is 0 Å². The van der Waals surface area contributed by atoms with Gasteiger partial charge >= 0.3 is 0 Å². The fraction of sp³-hybridized carbons (Fsp3) is 0.667. The number of rotatable bonds is 3. The molecule has 1 fully saturated rings. The summed E-state index contributed by atoms with van der Waals surface area (Å²) in [5.41, 5.74) is 1.29. The second-order valence-corrected chi connectivity index (χ2v) is 6.69. The number of benzene rings is 1. The predicted octanol–water partition coefficient (Wildman–Crippen LogP) is 4.13. The highest BCUT2D eigenvalue weighted by molar-refractivity contribution is 5.37. The van der Waals surface area contributed by atoms with Crippen molar-refractivity contribution in [2.24, 2.45) is 11.8 Å². The van der Waals surface area contributed by atoms with E-state index in [0.29, 0.717) is 11.8 Å². The quantitative estimate of drug-likeness (QED) is 0.898. The molecule has 1 N–H and O–H groups in total. The van der Waals surface area contributed by atoms with Gasteiger partial charge in [-0.25, -0.2) is 0 Å². The SMILES string of the molecule is CC1CCC(C(O)CC2CCOc3ccccc32)CC1. The Kier molecular flexibility index (Phi) is 4.30. The van der Waals surface area contributed by atoms with Crippen molar-refractivity contribution in [3.63, 3.8) is 0 Å². The van der Waals surface area contributed by atoms with E-state index in [1.807, 2.05) is 6.07 Å². The molecule has 0 radical (unpaired) electrons. The van der Waals surface area contributed by atoms with Crippen LogP contribution in [-0.4, -0.2) is 17.8 Å². The molecule has 20 heavy (non-hydrogen) atoms. The third-order valence-corrected chi connectivity index (χ3v) is 5.21. The second kappa shape index (κ2) is 6.17. The van der Waals surface area contributed by atoms with E-state index < -0.39 is 0 Å². The standard InChI is InChI=1S/C18H26O2/c1-13-6-8-14(9-7-13)17(19)12-15-10-11-20-18-5-3-2-4-16(15)18/h2-5,13-15,17,19H,6-12H2,1H3. The summed E-state index contributed by atoms with van der Waals surface area (Å²) in [6, 6.07) is 8.32. The minimum Gasteiger partial charge on any atom is -0.493 e. The number of hydrogen-bond acceptors (Lipinski definition) is 2. The summed E-state index contributed by atoms with van der Waals surface area (Å²) in [6.07, 6.45) is 6.77. The Balaban J connectivity index is 1.63. The molecule has 1 aliphatic carbocycles. The second-order valence-electron chi connectivity index (χ2n) is 6.69. The summed E-state index contributed by atoms with van der Waals surface area (Å²) in [5, 5.41) is 10.6. The van der Waals surface area contributed by atoms with Gasteiger partial charge in [0.2, 0.25) is 0 Å². The molecule has 1 aromatic rings. The van der Waals surface area contributed by atoms with Gasteiger partial charge in [0.1, 0.15) is 5.75 Å². The maximum atomic E-state index is 10.6. The van der Waals surface area contributed by atoms with Crippen LogP contribution in [0.15, 0.2) is 24.3 Å². The third-order valence-electron chi connectivity index (χ3n) is 5.21. The summed E-state index contributed by atoms with van der Waals surface area (Å²) < 4.78 is 5.71. The van der Waals surface area contributed by atoms with Crippen LogP contribution in [0, 0.1) is 11.8 Å². The number of para-hydroxylation sites is 1. The van der Waals surface area contributed by atoms with Crippen molar-refractivity contribution in [2.45, 2.75) is 57.5 Å². The Bertz CT molecular complexity index is 435. The minimum atomic E-state index is -0.140. The normalized spacial score (nSPS) is 31.2. The highest BCUT2D eigenvalue weighted by Crippen LogP contribution is 2.39. The Hall–Kier alpha value is -1.02. The molecule has 1 heterocycles. The van der Waals surface area contributed by atoms with Crippen LogP contribution in [0.4, 0.5) is 0 Å². The Morgan fingerprint density at radius 2 is 1.90 bits per heavy atom. The van der Waals surface area contributed by atoms with Crippen molar-refractivity contribution in [3.05, 3.63) is 29.8 Å².